The minimum atomic E-state index is 0.281. The summed E-state index contributed by atoms with van der Waals surface area (Å²) >= 11 is 1.71. The molecule has 5 heteroatoms. The van der Waals surface area contributed by atoms with Gasteiger partial charge >= 0.3 is 0 Å². The van der Waals surface area contributed by atoms with Crippen molar-refractivity contribution in [3.63, 3.8) is 0 Å². The molecular weight excluding hydrogens is 280 g/mol. The van der Waals surface area contributed by atoms with Crippen molar-refractivity contribution in [1.82, 2.24) is 19.6 Å². The molecule has 2 aromatic rings. The van der Waals surface area contributed by atoms with Crippen molar-refractivity contribution in [2.75, 3.05) is 13.1 Å². The van der Waals surface area contributed by atoms with Gasteiger partial charge in [0.15, 0.2) is 4.96 Å². The monoisotopic (exact) mass is 306 g/mol. The zero-order chi connectivity index (χ0) is 14.9. The Balaban J connectivity index is 1.78. The highest BCUT2D eigenvalue weighted by Crippen LogP contribution is 2.25. The number of hydrogen-bond donors (Lipinski definition) is 1. The Kier molecular flexibility index (Phi) is 4.33. The van der Waals surface area contributed by atoms with Gasteiger partial charge in [-0.25, -0.2) is 4.98 Å². The van der Waals surface area contributed by atoms with Gasteiger partial charge in [0.25, 0.3) is 0 Å². The third kappa shape index (κ3) is 2.87. The molecule has 1 fully saturated rings. The first-order chi connectivity index (χ1) is 10.2. The van der Waals surface area contributed by atoms with E-state index in [0.717, 1.165) is 24.6 Å². The van der Waals surface area contributed by atoms with Crippen molar-refractivity contribution in [1.29, 1.82) is 0 Å². The molecule has 0 amide bonds. The van der Waals surface area contributed by atoms with Crippen LogP contribution in [-0.2, 0) is 6.54 Å². The van der Waals surface area contributed by atoms with Gasteiger partial charge in [-0.15, -0.1) is 11.3 Å². The molecule has 1 N–H and O–H groups in total. The summed E-state index contributed by atoms with van der Waals surface area (Å²) in [6, 6.07) is 0.621. The molecule has 1 aliphatic heterocycles. The van der Waals surface area contributed by atoms with Crippen LogP contribution in [0.3, 0.4) is 0 Å². The molecule has 0 radical (unpaired) electrons. The molecule has 0 aromatic carbocycles. The smallest absolute Gasteiger partial charge is 0.193 e. The molecule has 3 heterocycles. The van der Waals surface area contributed by atoms with E-state index in [-0.39, 0.29) is 5.54 Å². The maximum absolute atomic E-state index is 4.75. The summed E-state index contributed by atoms with van der Waals surface area (Å²) in [5.41, 5.74) is 1.48. The van der Waals surface area contributed by atoms with E-state index in [2.05, 4.69) is 53.2 Å². The number of piperazine rings is 1. The number of fused-ring (bicyclic) bond motifs is 1. The number of aromatic nitrogens is 2. The molecule has 0 bridgehead atoms. The summed E-state index contributed by atoms with van der Waals surface area (Å²) in [6.07, 6.45) is 7.84. The molecule has 1 atom stereocenters. The van der Waals surface area contributed by atoms with Crippen LogP contribution in [0.25, 0.3) is 4.96 Å². The molecule has 21 heavy (non-hydrogen) atoms. The van der Waals surface area contributed by atoms with Crippen LogP contribution in [0.15, 0.2) is 17.8 Å². The summed E-state index contributed by atoms with van der Waals surface area (Å²) in [5, 5.41) is 5.89. The molecule has 1 aliphatic rings. The van der Waals surface area contributed by atoms with Crippen LogP contribution in [-0.4, -0.2) is 39.0 Å². The van der Waals surface area contributed by atoms with Crippen LogP contribution < -0.4 is 5.32 Å². The lowest BCUT2D eigenvalue weighted by Crippen LogP contribution is -2.63. The van der Waals surface area contributed by atoms with Crippen molar-refractivity contribution in [2.24, 2.45) is 0 Å². The second kappa shape index (κ2) is 6.07. The highest BCUT2D eigenvalue weighted by atomic mass is 32.1. The first-order valence-corrected chi connectivity index (χ1v) is 8.97. The van der Waals surface area contributed by atoms with E-state index in [1.54, 1.807) is 11.3 Å². The number of nitrogens with one attached hydrogen (secondary N) is 1. The molecule has 2 aromatic heterocycles. The van der Waals surface area contributed by atoms with E-state index >= 15 is 0 Å². The van der Waals surface area contributed by atoms with E-state index in [1.165, 1.54) is 25.0 Å². The van der Waals surface area contributed by atoms with Crippen LogP contribution in [0.5, 0.6) is 0 Å². The van der Waals surface area contributed by atoms with Gasteiger partial charge in [0, 0.05) is 49.0 Å². The molecule has 1 unspecified atom stereocenters. The minimum Gasteiger partial charge on any atom is -0.308 e. The van der Waals surface area contributed by atoms with Crippen molar-refractivity contribution < 1.29 is 0 Å². The Morgan fingerprint density at radius 3 is 2.86 bits per heavy atom. The Hall–Kier alpha value is -0.910. The average molecular weight is 306 g/mol. The normalized spacial score (nSPS) is 22.9. The summed E-state index contributed by atoms with van der Waals surface area (Å²) in [5.74, 6) is 0. The Morgan fingerprint density at radius 1 is 1.38 bits per heavy atom. The van der Waals surface area contributed by atoms with Crippen molar-refractivity contribution in [3.8, 4) is 0 Å². The number of thiazole rings is 1. The average Bonchev–Trinajstić information content (AvgIpc) is 3.08. The van der Waals surface area contributed by atoms with Gasteiger partial charge in [0.1, 0.15) is 0 Å². The lowest BCUT2D eigenvalue weighted by atomic mass is 9.88. The highest BCUT2D eigenvalue weighted by molar-refractivity contribution is 7.15. The summed E-state index contributed by atoms with van der Waals surface area (Å²) in [7, 11) is 0. The summed E-state index contributed by atoms with van der Waals surface area (Å²) < 4.78 is 2.13. The largest absolute Gasteiger partial charge is 0.308 e. The molecule has 4 nitrogen and oxygen atoms in total. The van der Waals surface area contributed by atoms with E-state index in [0.29, 0.717) is 6.04 Å². The predicted molar refractivity (Wildman–Crippen MR) is 88.9 cm³/mol. The number of imidazole rings is 1. The number of rotatable bonds is 5. The molecule has 116 valence electrons. The topological polar surface area (TPSA) is 32.6 Å². The molecule has 3 rings (SSSR count). The van der Waals surface area contributed by atoms with Gasteiger partial charge in [0.05, 0.1) is 5.69 Å². The van der Waals surface area contributed by atoms with Crippen molar-refractivity contribution in [2.45, 2.75) is 58.2 Å². The fourth-order valence-electron chi connectivity index (χ4n) is 3.41. The van der Waals surface area contributed by atoms with Crippen LogP contribution in [0.1, 0.15) is 45.7 Å². The maximum atomic E-state index is 4.75. The third-order valence-corrected chi connectivity index (χ3v) is 5.84. The van der Waals surface area contributed by atoms with E-state index in [9.17, 15) is 0 Å². The predicted octanol–water partition coefficient (Wildman–Crippen LogP) is 3.14. The van der Waals surface area contributed by atoms with Crippen molar-refractivity contribution >= 4 is 16.3 Å². The molecule has 0 spiro atoms. The SMILES string of the molecule is CCC1CNC(CC)(CC)CN1Cc1cn2ccsc2n1. The lowest BCUT2D eigenvalue weighted by molar-refractivity contribution is 0.0635. The van der Waals surface area contributed by atoms with Gasteiger partial charge in [-0.05, 0) is 19.3 Å². The molecule has 0 aliphatic carbocycles. The van der Waals surface area contributed by atoms with Gasteiger partial charge in [-0.3, -0.25) is 9.30 Å². The summed E-state index contributed by atoms with van der Waals surface area (Å²) in [4.78, 5) is 8.49. The zero-order valence-electron chi connectivity index (χ0n) is 13.3. The zero-order valence-corrected chi connectivity index (χ0v) is 14.1. The molecular formula is C16H26N4S. The second-order valence-electron chi connectivity index (χ2n) is 6.16. The van der Waals surface area contributed by atoms with Gasteiger partial charge in [0.2, 0.25) is 0 Å². The van der Waals surface area contributed by atoms with Crippen LogP contribution in [0.4, 0.5) is 0 Å². The van der Waals surface area contributed by atoms with Gasteiger partial charge in [-0.1, -0.05) is 20.8 Å². The number of hydrogen-bond acceptors (Lipinski definition) is 4. The van der Waals surface area contributed by atoms with Gasteiger partial charge in [-0.2, -0.15) is 0 Å². The Bertz CT molecular complexity index is 555. The maximum Gasteiger partial charge on any atom is 0.193 e. The number of nitrogens with zero attached hydrogens (tertiary/aromatic N) is 3. The Labute approximate surface area is 131 Å². The minimum absolute atomic E-state index is 0.281. The van der Waals surface area contributed by atoms with E-state index < -0.39 is 0 Å². The standard InChI is InChI=1S/C16H26N4S/c1-4-14-9-17-16(5-2,6-3)12-20(14)11-13-10-19-7-8-21-15(19)18-13/h7-8,10,14,17H,4-6,9,11-12H2,1-3H3. The van der Waals surface area contributed by atoms with Crippen LogP contribution >= 0.6 is 11.3 Å². The van der Waals surface area contributed by atoms with Crippen LogP contribution in [0, 0.1) is 0 Å². The third-order valence-electron chi connectivity index (χ3n) is 5.07. The van der Waals surface area contributed by atoms with E-state index in [4.69, 9.17) is 4.98 Å². The Morgan fingerprint density at radius 2 is 2.19 bits per heavy atom. The van der Waals surface area contributed by atoms with Gasteiger partial charge < -0.3 is 5.32 Å². The van der Waals surface area contributed by atoms with Crippen molar-refractivity contribution in [3.05, 3.63) is 23.5 Å². The lowest BCUT2D eigenvalue weighted by Gasteiger charge is -2.47. The molecule has 1 saturated heterocycles. The first kappa shape index (κ1) is 15.0. The van der Waals surface area contributed by atoms with Crippen LogP contribution in [0.2, 0.25) is 0 Å². The quantitative estimate of drug-likeness (QED) is 0.921. The molecule has 0 saturated carbocycles. The highest BCUT2D eigenvalue weighted by Gasteiger charge is 2.36. The first-order valence-electron chi connectivity index (χ1n) is 8.10. The second-order valence-corrected chi connectivity index (χ2v) is 7.03. The fourth-order valence-corrected chi connectivity index (χ4v) is 4.13. The summed E-state index contributed by atoms with van der Waals surface area (Å²) in [6.45, 7) is 10.1. The fraction of sp³-hybridized carbons (Fsp3) is 0.688. The van der Waals surface area contributed by atoms with E-state index in [1.807, 2.05) is 0 Å².